The van der Waals surface area contributed by atoms with Crippen molar-refractivity contribution in [3.8, 4) is 11.5 Å². The van der Waals surface area contributed by atoms with Crippen LogP contribution in [0.2, 0.25) is 0 Å². The third kappa shape index (κ3) is 4.47. The van der Waals surface area contributed by atoms with E-state index in [1.54, 1.807) is 0 Å². The Hall–Kier alpha value is -3.27. The number of nitrogens with one attached hydrogen (secondary N) is 1. The molecule has 0 atom stereocenters. The van der Waals surface area contributed by atoms with Crippen LogP contribution in [0.25, 0.3) is 0 Å². The molecule has 1 aliphatic rings. The number of ether oxygens (including phenoxy) is 3. The smallest absolute Gasteiger partial charge is 0.338 e. The van der Waals surface area contributed by atoms with Gasteiger partial charge in [0, 0.05) is 11.8 Å². The Morgan fingerprint density at radius 1 is 1.07 bits per heavy atom. The summed E-state index contributed by atoms with van der Waals surface area (Å²) >= 11 is 0. The van der Waals surface area contributed by atoms with Crippen molar-refractivity contribution in [1.82, 2.24) is 0 Å². The van der Waals surface area contributed by atoms with Crippen LogP contribution >= 0.6 is 0 Å². The van der Waals surface area contributed by atoms with E-state index in [9.17, 15) is 18.0 Å². The SMILES string of the molecule is NC(=O)COC(=O)c1cccc(NS(=O)(=O)c2ccc3c(c2)OCCO3)c1. The number of fused-ring (bicyclic) bond motifs is 1. The maximum absolute atomic E-state index is 12.6. The number of nitrogens with two attached hydrogens (primary N) is 1. The third-order valence-electron chi connectivity index (χ3n) is 3.52. The van der Waals surface area contributed by atoms with Crippen molar-refractivity contribution in [1.29, 1.82) is 0 Å². The van der Waals surface area contributed by atoms with Crippen molar-refractivity contribution < 1.29 is 32.2 Å². The summed E-state index contributed by atoms with van der Waals surface area (Å²) in [5, 5.41) is 0. The fourth-order valence-corrected chi connectivity index (χ4v) is 3.40. The van der Waals surface area contributed by atoms with Crippen molar-refractivity contribution >= 4 is 27.6 Å². The van der Waals surface area contributed by atoms with Gasteiger partial charge in [-0.2, -0.15) is 0 Å². The van der Waals surface area contributed by atoms with Crippen LogP contribution in [0.1, 0.15) is 10.4 Å². The summed E-state index contributed by atoms with van der Waals surface area (Å²) in [5.74, 6) is -0.778. The molecule has 0 saturated heterocycles. The number of hydrogen-bond acceptors (Lipinski definition) is 7. The fraction of sp³-hybridized carbons (Fsp3) is 0.176. The summed E-state index contributed by atoms with van der Waals surface area (Å²) in [4.78, 5) is 22.5. The van der Waals surface area contributed by atoms with E-state index >= 15 is 0 Å². The van der Waals surface area contributed by atoms with Gasteiger partial charge in [-0.1, -0.05) is 6.07 Å². The van der Waals surface area contributed by atoms with Crippen LogP contribution in [0.3, 0.4) is 0 Å². The van der Waals surface area contributed by atoms with Gasteiger partial charge in [-0.3, -0.25) is 9.52 Å². The minimum Gasteiger partial charge on any atom is -0.486 e. The van der Waals surface area contributed by atoms with E-state index < -0.39 is 28.5 Å². The van der Waals surface area contributed by atoms with Crippen molar-refractivity contribution in [3.05, 3.63) is 48.0 Å². The molecule has 10 heteroatoms. The van der Waals surface area contributed by atoms with E-state index in [0.717, 1.165) is 0 Å². The zero-order valence-corrected chi connectivity index (χ0v) is 14.8. The van der Waals surface area contributed by atoms with Gasteiger partial charge in [-0.15, -0.1) is 0 Å². The lowest BCUT2D eigenvalue weighted by molar-refractivity contribution is -0.121. The van der Waals surface area contributed by atoms with Crippen molar-refractivity contribution in [2.24, 2.45) is 5.73 Å². The molecule has 1 amide bonds. The number of carbonyl (C=O) groups excluding carboxylic acids is 2. The van der Waals surface area contributed by atoms with Crippen molar-refractivity contribution in [3.63, 3.8) is 0 Å². The molecule has 27 heavy (non-hydrogen) atoms. The summed E-state index contributed by atoms with van der Waals surface area (Å²) in [7, 11) is -3.93. The van der Waals surface area contributed by atoms with Gasteiger partial charge in [-0.05, 0) is 30.3 Å². The number of primary amides is 1. The standard InChI is InChI=1S/C17H16N2O7S/c18-16(20)10-26-17(21)11-2-1-3-12(8-11)19-27(22,23)13-4-5-14-15(9-13)25-7-6-24-14/h1-5,8-9,19H,6-7,10H2,(H2,18,20). The lowest BCUT2D eigenvalue weighted by Gasteiger charge is -2.19. The minimum atomic E-state index is -3.93. The molecule has 9 nitrogen and oxygen atoms in total. The second kappa shape index (κ2) is 7.54. The molecule has 0 bridgehead atoms. The molecule has 0 aliphatic carbocycles. The predicted octanol–water partition coefficient (Wildman–Crippen LogP) is 0.901. The largest absolute Gasteiger partial charge is 0.486 e. The molecular weight excluding hydrogens is 376 g/mol. The van der Waals surface area contributed by atoms with Gasteiger partial charge in [0.05, 0.1) is 10.5 Å². The third-order valence-corrected chi connectivity index (χ3v) is 4.90. The second-order valence-electron chi connectivity index (χ2n) is 5.53. The van der Waals surface area contributed by atoms with Crippen LogP contribution in [-0.4, -0.2) is 40.1 Å². The highest BCUT2D eigenvalue weighted by Crippen LogP contribution is 2.32. The summed E-state index contributed by atoms with van der Waals surface area (Å²) in [6.45, 7) is 0.168. The van der Waals surface area contributed by atoms with Crippen LogP contribution in [0.4, 0.5) is 5.69 Å². The Morgan fingerprint density at radius 3 is 2.56 bits per heavy atom. The number of anilines is 1. The van der Waals surface area contributed by atoms with Gasteiger partial charge < -0.3 is 19.9 Å². The van der Waals surface area contributed by atoms with Crippen LogP contribution in [0.5, 0.6) is 11.5 Å². The molecule has 1 aliphatic heterocycles. The van der Waals surface area contributed by atoms with Gasteiger partial charge in [0.15, 0.2) is 18.1 Å². The minimum absolute atomic E-state index is 0.0199. The first-order valence-electron chi connectivity index (χ1n) is 7.83. The van der Waals surface area contributed by atoms with E-state index in [1.807, 2.05) is 0 Å². The van der Waals surface area contributed by atoms with E-state index in [0.29, 0.717) is 24.7 Å². The summed E-state index contributed by atoms with van der Waals surface area (Å²) < 4.78 is 43.0. The molecule has 0 radical (unpaired) electrons. The molecule has 3 N–H and O–H groups in total. The molecule has 0 fully saturated rings. The predicted molar refractivity (Wildman–Crippen MR) is 94.2 cm³/mol. The number of esters is 1. The van der Waals surface area contributed by atoms with E-state index in [2.05, 4.69) is 4.72 Å². The zero-order valence-electron chi connectivity index (χ0n) is 14.0. The summed E-state index contributed by atoms with van der Waals surface area (Å²) in [6, 6.07) is 9.93. The maximum atomic E-state index is 12.6. The summed E-state index contributed by atoms with van der Waals surface area (Å²) in [5.41, 5.74) is 5.14. The van der Waals surface area contributed by atoms with Crippen molar-refractivity contribution in [2.75, 3.05) is 24.5 Å². The van der Waals surface area contributed by atoms with Gasteiger partial charge in [0.1, 0.15) is 13.2 Å². The number of hydrogen-bond donors (Lipinski definition) is 2. The quantitative estimate of drug-likeness (QED) is 0.698. The summed E-state index contributed by atoms with van der Waals surface area (Å²) in [6.07, 6.45) is 0. The molecule has 142 valence electrons. The highest BCUT2D eigenvalue weighted by Gasteiger charge is 2.20. The van der Waals surface area contributed by atoms with Crippen LogP contribution in [0, 0.1) is 0 Å². The molecule has 1 heterocycles. The van der Waals surface area contributed by atoms with E-state index in [-0.39, 0.29) is 16.1 Å². The maximum Gasteiger partial charge on any atom is 0.338 e. The van der Waals surface area contributed by atoms with E-state index in [4.69, 9.17) is 19.9 Å². The second-order valence-corrected chi connectivity index (χ2v) is 7.22. The number of carbonyl (C=O) groups is 2. The van der Waals surface area contributed by atoms with Crippen LogP contribution in [0.15, 0.2) is 47.4 Å². The number of benzene rings is 2. The molecule has 0 unspecified atom stereocenters. The Balaban J connectivity index is 1.79. The average Bonchev–Trinajstić information content (AvgIpc) is 2.65. The van der Waals surface area contributed by atoms with Gasteiger partial charge in [0.25, 0.3) is 15.9 Å². The van der Waals surface area contributed by atoms with E-state index in [1.165, 1.54) is 42.5 Å². The normalized spacial score (nSPS) is 12.9. The van der Waals surface area contributed by atoms with Gasteiger partial charge >= 0.3 is 5.97 Å². The molecule has 0 spiro atoms. The lowest BCUT2D eigenvalue weighted by Crippen LogP contribution is -2.21. The fourth-order valence-electron chi connectivity index (χ4n) is 2.33. The molecular formula is C17H16N2O7S. The Morgan fingerprint density at radius 2 is 1.81 bits per heavy atom. The van der Waals surface area contributed by atoms with Crippen LogP contribution in [-0.2, 0) is 19.6 Å². The molecule has 3 rings (SSSR count). The average molecular weight is 392 g/mol. The molecule has 0 saturated carbocycles. The Kier molecular flexibility index (Phi) is 5.17. The first kappa shape index (κ1) is 18.5. The highest BCUT2D eigenvalue weighted by atomic mass is 32.2. The van der Waals surface area contributed by atoms with Crippen LogP contribution < -0.4 is 19.9 Å². The first-order chi connectivity index (χ1) is 12.8. The number of rotatable bonds is 6. The zero-order chi connectivity index (χ0) is 19.4. The Labute approximate surface area is 155 Å². The first-order valence-corrected chi connectivity index (χ1v) is 9.31. The van der Waals surface area contributed by atoms with Gasteiger partial charge in [-0.25, -0.2) is 13.2 Å². The topological polar surface area (TPSA) is 134 Å². The van der Waals surface area contributed by atoms with Crippen molar-refractivity contribution in [2.45, 2.75) is 4.90 Å². The highest BCUT2D eigenvalue weighted by molar-refractivity contribution is 7.92. The molecule has 2 aromatic rings. The molecule has 0 aromatic heterocycles. The lowest BCUT2D eigenvalue weighted by atomic mass is 10.2. The Bertz CT molecular complexity index is 989. The number of amides is 1. The van der Waals surface area contributed by atoms with Gasteiger partial charge in [0.2, 0.25) is 0 Å². The monoisotopic (exact) mass is 392 g/mol. The number of sulfonamides is 1. The molecule has 2 aromatic carbocycles.